The highest BCUT2D eigenvalue weighted by atomic mass is 16.8. The van der Waals surface area contributed by atoms with E-state index in [9.17, 15) is 9.90 Å². The standard InChI is InChI=1S/C69H75NO15/c1-46-59(74-39-49-26-12-4-13-27-49)64(76-41-51-30-16-6-17-31-51)65(77-42-52-32-18-7-19-33-52)69(80-46)85-63-58(72)60-56(45-79-66(83-60)54-36-22-9-23-37-54)82-68(63)84-61-55(44-73-38-48-24-10-3-11-25-48)81-67(78-43-53-34-20-8-21-35-53)57(70-47(2)71)62(61)75-40-50-28-14-5-15-29-50/h3-37,46,55-69,72H,38-45H2,1-2H3,(H,70,71)/t46-,55+,56+,57+,58+,59-,60-,61+,62-,63-,64-,65+,66-,67-,68-,69+/m1/s1. The molecule has 4 fully saturated rings. The molecule has 7 aromatic rings. The van der Waals surface area contributed by atoms with Crippen LogP contribution < -0.4 is 5.32 Å². The Balaban J connectivity index is 0.971. The van der Waals surface area contributed by atoms with E-state index in [2.05, 4.69) is 5.32 Å². The number of amides is 1. The molecule has 0 unspecified atom stereocenters. The molecule has 4 aliphatic heterocycles. The SMILES string of the molecule is CC(=O)N[C@@H]1[C@H](OCc2ccccc2)O[C@@H](COCc2ccccc2)[C@H](O[C@H]2O[C@H]3CO[C@@H](c4ccccc4)O[C@H]3[C@H](O)[C@H]2O[C@@H]2O[C@H](C)[C@@H](OCc3ccccc3)[C@@H](OCc3ccccc3)[C@@H]2OCc2ccccc2)[C@@H]1OCc1ccccc1. The quantitative estimate of drug-likeness (QED) is 0.0554. The maximum Gasteiger partial charge on any atom is 0.217 e. The first-order chi connectivity index (χ1) is 41.8. The first-order valence-electron chi connectivity index (χ1n) is 29.2. The smallest absolute Gasteiger partial charge is 0.217 e. The van der Waals surface area contributed by atoms with Crippen molar-refractivity contribution in [3.8, 4) is 0 Å². The number of ether oxygens (including phenoxy) is 13. The van der Waals surface area contributed by atoms with Crippen molar-refractivity contribution in [1.82, 2.24) is 5.32 Å². The van der Waals surface area contributed by atoms with Gasteiger partial charge in [-0.15, -0.1) is 0 Å². The minimum absolute atomic E-state index is 0.0200. The number of carbonyl (C=O) groups excluding carboxylic acids is 1. The summed E-state index contributed by atoms with van der Waals surface area (Å²) >= 11 is 0. The summed E-state index contributed by atoms with van der Waals surface area (Å²) < 4.78 is 89.6. The topological polar surface area (TPSA) is 169 Å². The lowest BCUT2D eigenvalue weighted by Crippen LogP contribution is -2.69. The molecule has 4 aliphatic rings. The Morgan fingerprint density at radius 3 is 1.39 bits per heavy atom. The summed E-state index contributed by atoms with van der Waals surface area (Å²) in [5, 5.41) is 16.3. The van der Waals surface area contributed by atoms with E-state index in [1.807, 2.05) is 219 Å². The van der Waals surface area contributed by atoms with Gasteiger partial charge < -0.3 is 72.0 Å². The van der Waals surface area contributed by atoms with E-state index in [0.29, 0.717) is 0 Å². The largest absolute Gasteiger partial charge is 0.387 e. The second kappa shape index (κ2) is 30.2. The van der Waals surface area contributed by atoms with Gasteiger partial charge in [-0.25, -0.2) is 0 Å². The first kappa shape index (κ1) is 60.2. The lowest BCUT2D eigenvalue weighted by Gasteiger charge is -2.52. The van der Waals surface area contributed by atoms with E-state index in [4.69, 9.17) is 61.6 Å². The summed E-state index contributed by atoms with van der Waals surface area (Å²) in [4.78, 5) is 13.5. The van der Waals surface area contributed by atoms with E-state index in [0.717, 1.165) is 38.9 Å². The predicted molar refractivity (Wildman–Crippen MR) is 312 cm³/mol. The summed E-state index contributed by atoms with van der Waals surface area (Å²) in [5.41, 5.74) is 6.26. The van der Waals surface area contributed by atoms with Gasteiger partial charge >= 0.3 is 0 Å². The van der Waals surface area contributed by atoms with Gasteiger partial charge in [0.2, 0.25) is 5.91 Å². The lowest BCUT2D eigenvalue weighted by atomic mass is 9.94. The van der Waals surface area contributed by atoms with Gasteiger partial charge in [0.15, 0.2) is 25.2 Å². The second-order valence-corrected chi connectivity index (χ2v) is 21.7. The molecule has 11 rings (SSSR count). The van der Waals surface area contributed by atoms with Gasteiger partial charge in [0, 0.05) is 12.5 Å². The minimum Gasteiger partial charge on any atom is -0.387 e. The van der Waals surface area contributed by atoms with Gasteiger partial charge in [-0.3, -0.25) is 4.79 Å². The Morgan fingerprint density at radius 1 is 0.459 bits per heavy atom. The summed E-state index contributed by atoms with van der Waals surface area (Å²) in [6, 6.07) is 67.4. The van der Waals surface area contributed by atoms with Gasteiger partial charge in [-0.1, -0.05) is 212 Å². The van der Waals surface area contributed by atoms with Crippen LogP contribution >= 0.6 is 0 Å². The van der Waals surface area contributed by atoms with Crippen LogP contribution in [0.5, 0.6) is 0 Å². The van der Waals surface area contributed by atoms with Crippen molar-refractivity contribution < 1.29 is 71.5 Å². The Morgan fingerprint density at radius 2 is 0.882 bits per heavy atom. The van der Waals surface area contributed by atoms with Crippen LogP contribution in [-0.2, 0) is 106 Å². The maximum absolute atomic E-state index is 13.5. The number of hydrogen-bond donors (Lipinski definition) is 2. The summed E-state index contributed by atoms with van der Waals surface area (Å²) in [7, 11) is 0. The van der Waals surface area contributed by atoms with E-state index in [-0.39, 0.29) is 58.8 Å². The molecule has 0 spiro atoms. The van der Waals surface area contributed by atoms with Crippen LogP contribution in [0.2, 0.25) is 0 Å². The predicted octanol–water partition coefficient (Wildman–Crippen LogP) is 9.71. The van der Waals surface area contributed by atoms with Crippen LogP contribution in [0.4, 0.5) is 0 Å². The number of hydrogen-bond acceptors (Lipinski definition) is 15. The molecule has 16 atom stereocenters. The molecular weight excluding hydrogens is 1080 g/mol. The van der Waals surface area contributed by atoms with Crippen molar-refractivity contribution in [2.24, 2.45) is 0 Å². The number of aliphatic hydroxyl groups excluding tert-OH is 1. The third kappa shape index (κ3) is 16.1. The van der Waals surface area contributed by atoms with E-state index in [1.165, 1.54) is 6.92 Å². The molecule has 446 valence electrons. The normalized spacial score (nSPS) is 29.4. The zero-order valence-electron chi connectivity index (χ0n) is 47.8. The third-order valence-electron chi connectivity index (χ3n) is 15.5. The maximum atomic E-state index is 13.5. The fourth-order valence-corrected chi connectivity index (χ4v) is 11.2. The van der Waals surface area contributed by atoms with Crippen LogP contribution in [0.25, 0.3) is 0 Å². The van der Waals surface area contributed by atoms with Crippen LogP contribution in [0.3, 0.4) is 0 Å². The van der Waals surface area contributed by atoms with Crippen molar-refractivity contribution >= 4 is 5.91 Å². The fraction of sp³-hybridized carbons (Fsp3) is 0.377. The Labute approximate surface area is 497 Å². The molecule has 85 heavy (non-hydrogen) atoms. The molecule has 4 heterocycles. The van der Waals surface area contributed by atoms with Crippen molar-refractivity contribution in [2.45, 2.75) is 152 Å². The average Bonchev–Trinajstić information content (AvgIpc) is 3.66. The fourth-order valence-electron chi connectivity index (χ4n) is 11.2. The highest BCUT2D eigenvalue weighted by Crippen LogP contribution is 2.40. The van der Waals surface area contributed by atoms with Gasteiger partial charge in [-0.05, 0) is 40.3 Å². The van der Waals surface area contributed by atoms with Crippen LogP contribution in [0.1, 0.15) is 59.1 Å². The van der Waals surface area contributed by atoms with Gasteiger partial charge in [0.25, 0.3) is 0 Å². The molecule has 1 amide bonds. The van der Waals surface area contributed by atoms with Crippen LogP contribution in [0.15, 0.2) is 212 Å². The molecule has 0 radical (unpaired) electrons. The molecule has 0 aliphatic carbocycles. The van der Waals surface area contributed by atoms with Crippen molar-refractivity contribution in [1.29, 1.82) is 0 Å². The third-order valence-corrected chi connectivity index (χ3v) is 15.5. The molecule has 16 nitrogen and oxygen atoms in total. The zero-order chi connectivity index (χ0) is 58.2. The second-order valence-electron chi connectivity index (χ2n) is 21.7. The van der Waals surface area contributed by atoms with Crippen LogP contribution in [0, 0.1) is 0 Å². The molecule has 4 saturated heterocycles. The number of rotatable bonds is 25. The summed E-state index contributed by atoms with van der Waals surface area (Å²) in [6.45, 7) is 4.47. The Bertz CT molecular complexity index is 3050. The van der Waals surface area contributed by atoms with Gasteiger partial charge in [0.1, 0.15) is 67.1 Å². The van der Waals surface area contributed by atoms with E-state index < -0.39 is 98.3 Å². The lowest BCUT2D eigenvalue weighted by molar-refractivity contribution is -0.409. The minimum atomic E-state index is -1.45. The van der Waals surface area contributed by atoms with E-state index in [1.54, 1.807) is 0 Å². The van der Waals surface area contributed by atoms with Gasteiger partial charge in [0.05, 0.1) is 59.0 Å². The monoisotopic (exact) mass is 1160 g/mol. The molecule has 7 aromatic carbocycles. The van der Waals surface area contributed by atoms with Crippen molar-refractivity contribution in [2.75, 3.05) is 13.2 Å². The zero-order valence-corrected chi connectivity index (χ0v) is 47.8. The molecule has 2 N–H and O–H groups in total. The summed E-state index contributed by atoms with van der Waals surface area (Å²) in [5.74, 6) is -0.356. The molecular formula is C69H75NO15. The van der Waals surface area contributed by atoms with Crippen LogP contribution in [-0.4, -0.2) is 116 Å². The van der Waals surface area contributed by atoms with Crippen molar-refractivity contribution in [3.05, 3.63) is 251 Å². The highest BCUT2D eigenvalue weighted by Gasteiger charge is 2.57. The molecule has 0 aromatic heterocycles. The number of fused-ring (bicyclic) bond motifs is 1. The Kier molecular flexibility index (Phi) is 21.4. The number of carbonyl (C=O) groups is 1. The Hall–Kier alpha value is -6.55. The van der Waals surface area contributed by atoms with E-state index >= 15 is 0 Å². The number of aliphatic hydroxyl groups is 1. The number of nitrogens with one attached hydrogen (secondary N) is 1. The number of benzene rings is 7. The molecule has 0 bridgehead atoms. The summed E-state index contributed by atoms with van der Waals surface area (Å²) in [6.07, 6.45) is -15.4. The highest BCUT2D eigenvalue weighted by molar-refractivity contribution is 5.73. The van der Waals surface area contributed by atoms with Gasteiger partial charge in [-0.2, -0.15) is 0 Å². The average molecular weight is 1160 g/mol. The molecule has 0 saturated carbocycles. The first-order valence-corrected chi connectivity index (χ1v) is 29.2. The van der Waals surface area contributed by atoms with Crippen molar-refractivity contribution in [3.63, 3.8) is 0 Å². The molecule has 16 heteroatoms.